The van der Waals surface area contributed by atoms with Crippen LogP contribution in [0.3, 0.4) is 0 Å². The number of rotatable bonds is 8. The zero-order valence-electron chi connectivity index (χ0n) is 18.0. The maximum atomic E-state index is 13.6. The Balaban J connectivity index is 1.63. The van der Waals surface area contributed by atoms with Crippen LogP contribution >= 0.6 is 11.3 Å². The van der Waals surface area contributed by atoms with Gasteiger partial charge >= 0.3 is 0 Å². The standard InChI is InChI=1S/C23H27N3O4S/c1-4-25(5-2)13-14-26(23-24-21-18(28-3)11-8-12-20(21)31-23)22(27)19-15-29-16-9-6-7-10-17(16)30-19/h6-12,19H,4-5,13-15H2,1-3H3. The van der Waals surface area contributed by atoms with Gasteiger partial charge in [0.1, 0.15) is 17.9 Å². The molecule has 0 bridgehead atoms. The van der Waals surface area contributed by atoms with E-state index in [9.17, 15) is 4.79 Å². The highest BCUT2D eigenvalue weighted by Gasteiger charge is 2.33. The number of ether oxygens (including phenoxy) is 3. The third-order valence-corrected chi connectivity index (χ3v) is 6.45. The number of nitrogens with zero attached hydrogens (tertiary/aromatic N) is 3. The number of para-hydroxylation sites is 3. The number of hydrogen-bond donors (Lipinski definition) is 0. The van der Waals surface area contributed by atoms with Gasteiger partial charge in [0.05, 0.1) is 11.8 Å². The molecule has 0 fully saturated rings. The second kappa shape index (κ2) is 9.53. The van der Waals surface area contributed by atoms with Crippen molar-refractivity contribution in [2.75, 3.05) is 44.8 Å². The third kappa shape index (κ3) is 4.45. The molecule has 164 valence electrons. The maximum absolute atomic E-state index is 13.6. The summed E-state index contributed by atoms with van der Waals surface area (Å²) in [5.41, 5.74) is 0.761. The van der Waals surface area contributed by atoms with Gasteiger partial charge in [0.15, 0.2) is 16.6 Å². The van der Waals surface area contributed by atoms with Crippen molar-refractivity contribution in [3.8, 4) is 17.2 Å². The van der Waals surface area contributed by atoms with Gasteiger partial charge in [-0.3, -0.25) is 9.69 Å². The van der Waals surface area contributed by atoms with Gasteiger partial charge in [0.25, 0.3) is 5.91 Å². The number of benzene rings is 2. The smallest absolute Gasteiger partial charge is 0.273 e. The van der Waals surface area contributed by atoms with Gasteiger partial charge in [-0.25, -0.2) is 4.98 Å². The van der Waals surface area contributed by atoms with E-state index < -0.39 is 6.10 Å². The van der Waals surface area contributed by atoms with Crippen molar-refractivity contribution in [2.45, 2.75) is 20.0 Å². The molecule has 0 saturated carbocycles. The Labute approximate surface area is 186 Å². The van der Waals surface area contributed by atoms with Crippen LogP contribution in [0.5, 0.6) is 17.2 Å². The summed E-state index contributed by atoms with van der Waals surface area (Å²) in [5, 5.41) is 0.638. The lowest BCUT2D eigenvalue weighted by atomic mass is 10.2. The van der Waals surface area contributed by atoms with Crippen LogP contribution < -0.4 is 19.1 Å². The average molecular weight is 442 g/mol. The predicted molar refractivity (Wildman–Crippen MR) is 123 cm³/mol. The van der Waals surface area contributed by atoms with E-state index in [0.29, 0.717) is 28.9 Å². The average Bonchev–Trinajstić information content (AvgIpc) is 3.25. The number of carbonyl (C=O) groups excluding carboxylic acids is 1. The molecule has 1 aliphatic rings. The van der Waals surface area contributed by atoms with Gasteiger partial charge in [-0.15, -0.1) is 0 Å². The van der Waals surface area contributed by atoms with Crippen molar-refractivity contribution in [1.82, 2.24) is 9.88 Å². The first-order valence-electron chi connectivity index (χ1n) is 10.5. The zero-order chi connectivity index (χ0) is 21.8. The molecule has 3 aromatic rings. The zero-order valence-corrected chi connectivity index (χ0v) is 18.9. The van der Waals surface area contributed by atoms with Crippen LogP contribution in [0.2, 0.25) is 0 Å². The Morgan fingerprint density at radius 1 is 1.13 bits per heavy atom. The van der Waals surface area contributed by atoms with Crippen molar-refractivity contribution < 1.29 is 19.0 Å². The van der Waals surface area contributed by atoms with Crippen molar-refractivity contribution in [2.24, 2.45) is 0 Å². The Morgan fingerprint density at radius 3 is 2.65 bits per heavy atom. The molecule has 1 atom stereocenters. The summed E-state index contributed by atoms with van der Waals surface area (Å²) < 4.78 is 18.2. The lowest BCUT2D eigenvalue weighted by Crippen LogP contribution is -2.48. The minimum absolute atomic E-state index is 0.153. The van der Waals surface area contributed by atoms with Crippen LogP contribution in [-0.4, -0.2) is 61.8 Å². The number of fused-ring (bicyclic) bond motifs is 2. The lowest BCUT2D eigenvalue weighted by molar-refractivity contribution is -0.127. The van der Waals surface area contributed by atoms with Gasteiger partial charge in [0, 0.05) is 13.1 Å². The summed E-state index contributed by atoms with van der Waals surface area (Å²) in [7, 11) is 1.63. The van der Waals surface area contributed by atoms with Gasteiger partial charge in [-0.1, -0.05) is 43.4 Å². The molecule has 31 heavy (non-hydrogen) atoms. The van der Waals surface area contributed by atoms with Crippen LogP contribution in [0.4, 0.5) is 5.13 Å². The summed E-state index contributed by atoms with van der Waals surface area (Å²) in [6.07, 6.45) is -0.722. The number of likely N-dealkylation sites (N-methyl/N-ethyl adjacent to an activating group) is 1. The van der Waals surface area contributed by atoms with Crippen molar-refractivity contribution in [3.05, 3.63) is 42.5 Å². The van der Waals surface area contributed by atoms with Crippen LogP contribution in [0.25, 0.3) is 10.2 Å². The first-order valence-corrected chi connectivity index (χ1v) is 11.3. The fourth-order valence-electron chi connectivity index (χ4n) is 3.59. The lowest BCUT2D eigenvalue weighted by Gasteiger charge is -2.30. The highest BCUT2D eigenvalue weighted by Crippen LogP contribution is 2.36. The molecule has 2 heterocycles. The summed E-state index contributed by atoms with van der Waals surface area (Å²) in [6.45, 7) is 7.51. The van der Waals surface area contributed by atoms with Crippen molar-refractivity contribution >= 4 is 32.6 Å². The van der Waals surface area contributed by atoms with Crippen LogP contribution in [0.15, 0.2) is 42.5 Å². The molecule has 0 N–H and O–H groups in total. The summed E-state index contributed by atoms with van der Waals surface area (Å²) in [5.74, 6) is 1.79. The van der Waals surface area contributed by atoms with Crippen molar-refractivity contribution in [3.63, 3.8) is 0 Å². The fourth-order valence-corrected chi connectivity index (χ4v) is 4.60. The molecule has 4 rings (SSSR count). The largest absolute Gasteiger partial charge is 0.494 e. The molecular weight excluding hydrogens is 414 g/mol. The highest BCUT2D eigenvalue weighted by molar-refractivity contribution is 7.22. The number of methoxy groups -OCH3 is 1. The van der Waals surface area contributed by atoms with Crippen molar-refractivity contribution in [1.29, 1.82) is 0 Å². The molecular formula is C23H27N3O4S. The summed E-state index contributed by atoms with van der Waals surface area (Å²) in [6, 6.07) is 13.2. The number of amides is 1. The first-order chi connectivity index (χ1) is 15.1. The van der Waals surface area contributed by atoms with E-state index in [2.05, 4.69) is 18.7 Å². The fraction of sp³-hybridized carbons (Fsp3) is 0.391. The van der Waals surface area contributed by atoms with E-state index in [1.54, 1.807) is 12.0 Å². The molecule has 1 aliphatic heterocycles. The normalized spacial score (nSPS) is 15.3. The molecule has 1 unspecified atom stereocenters. The monoisotopic (exact) mass is 441 g/mol. The number of anilines is 1. The quantitative estimate of drug-likeness (QED) is 0.530. The molecule has 0 saturated heterocycles. The number of aromatic nitrogens is 1. The molecule has 8 heteroatoms. The highest BCUT2D eigenvalue weighted by atomic mass is 32.1. The number of thiazole rings is 1. The van der Waals surface area contributed by atoms with Gasteiger partial charge in [-0.05, 0) is 37.4 Å². The molecule has 7 nitrogen and oxygen atoms in total. The third-order valence-electron chi connectivity index (χ3n) is 5.41. The van der Waals surface area contributed by atoms with Crippen LogP contribution in [0.1, 0.15) is 13.8 Å². The van der Waals surface area contributed by atoms with Crippen LogP contribution in [0, 0.1) is 0 Å². The van der Waals surface area contributed by atoms with Gasteiger partial charge in [-0.2, -0.15) is 0 Å². The Morgan fingerprint density at radius 2 is 1.90 bits per heavy atom. The maximum Gasteiger partial charge on any atom is 0.273 e. The van der Waals surface area contributed by atoms with Crippen LogP contribution in [-0.2, 0) is 4.79 Å². The van der Waals surface area contributed by atoms with E-state index in [-0.39, 0.29) is 12.5 Å². The molecule has 1 aromatic heterocycles. The second-order valence-electron chi connectivity index (χ2n) is 7.18. The minimum atomic E-state index is -0.722. The molecule has 0 aliphatic carbocycles. The van der Waals surface area contributed by atoms with E-state index in [4.69, 9.17) is 19.2 Å². The molecule has 2 aromatic carbocycles. The Kier molecular flexibility index (Phi) is 6.58. The Hall–Kier alpha value is -2.84. The minimum Gasteiger partial charge on any atom is -0.494 e. The summed E-state index contributed by atoms with van der Waals surface area (Å²) in [4.78, 5) is 22.3. The SMILES string of the molecule is CCN(CC)CCN(C(=O)C1COc2ccccc2O1)c1nc2c(OC)cccc2s1. The second-order valence-corrected chi connectivity index (χ2v) is 8.19. The van der Waals surface area contributed by atoms with E-state index in [1.807, 2.05) is 42.5 Å². The number of carbonyl (C=O) groups is 1. The first kappa shape index (κ1) is 21.4. The Bertz CT molecular complexity index is 1050. The van der Waals surface area contributed by atoms with E-state index >= 15 is 0 Å². The van der Waals surface area contributed by atoms with E-state index in [0.717, 1.165) is 29.9 Å². The van der Waals surface area contributed by atoms with Gasteiger partial charge in [0.2, 0.25) is 6.10 Å². The number of hydrogen-bond acceptors (Lipinski definition) is 7. The van der Waals surface area contributed by atoms with Gasteiger partial charge < -0.3 is 19.1 Å². The predicted octanol–water partition coefficient (Wildman–Crippen LogP) is 3.82. The molecule has 0 spiro atoms. The topological polar surface area (TPSA) is 64.1 Å². The molecule has 1 amide bonds. The molecule has 0 radical (unpaired) electrons. The van der Waals surface area contributed by atoms with E-state index in [1.165, 1.54) is 11.3 Å². The summed E-state index contributed by atoms with van der Waals surface area (Å²) >= 11 is 1.48.